The van der Waals surface area contributed by atoms with E-state index in [9.17, 15) is 0 Å². The van der Waals surface area contributed by atoms with Crippen molar-refractivity contribution in [2.75, 3.05) is 23.7 Å². The van der Waals surface area contributed by atoms with Gasteiger partial charge in [-0.05, 0) is 12.8 Å². The first-order chi connectivity index (χ1) is 9.33. The molecule has 100 valence electrons. The molecule has 3 heterocycles. The molecule has 0 aromatic carbocycles. The fourth-order valence-corrected chi connectivity index (χ4v) is 2.20. The van der Waals surface area contributed by atoms with E-state index in [0.29, 0.717) is 11.9 Å². The van der Waals surface area contributed by atoms with Crippen LogP contribution in [0.25, 0.3) is 5.95 Å². The van der Waals surface area contributed by atoms with Gasteiger partial charge in [0.2, 0.25) is 11.9 Å². The highest BCUT2D eigenvalue weighted by Gasteiger charge is 2.15. The average molecular weight is 260 g/mol. The molecule has 2 aromatic rings. The van der Waals surface area contributed by atoms with Crippen molar-refractivity contribution < 1.29 is 0 Å². The molecule has 19 heavy (non-hydrogen) atoms. The van der Waals surface area contributed by atoms with Crippen molar-refractivity contribution in [1.29, 1.82) is 0 Å². The zero-order chi connectivity index (χ0) is 13.1. The largest absolute Gasteiger partial charge is 0.368 e. The Balaban J connectivity index is 1.92. The molecule has 8 heteroatoms. The molecule has 0 amide bonds. The van der Waals surface area contributed by atoms with Crippen LogP contribution in [0.4, 0.5) is 11.9 Å². The van der Waals surface area contributed by atoms with Gasteiger partial charge in [0.05, 0.1) is 0 Å². The van der Waals surface area contributed by atoms with Crippen LogP contribution < -0.4 is 10.6 Å². The van der Waals surface area contributed by atoms with E-state index in [4.69, 9.17) is 5.73 Å². The minimum Gasteiger partial charge on any atom is -0.368 e. The first-order valence-corrected chi connectivity index (χ1v) is 6.44. The number of rotatable bonds is 2. The summed E-state index contributed by atoms with van der Waals surface area (Å²) in [5, 5.41) is 4.01. The van der Waals surface area contributed by atoms with Gasteiger partial charge in [0.1, 0.15) is 12.7 Å². The van der Waals surface area contributed by atoms with E-state index in [2.05, 4.69) is 29.9 Å². The van der Waals surface area contributed by atoms with Gasteiger partial charge in [0.15, 0.2) is 0 Å². The maximum absolute atomic E-state index is 5.76. The van der Waals surface area contributed by atoms with Crippen molar-refractivity contribution in [1.82, 2.24) is 29.7 Å². The van der Waals surface area contributed by atoms with Gasteiger partial charge in [-0.15, -0.1) is 0 Å². The molecule has 1 aliphatic rings. The number of nitrogens with zero attached hydrogens (tertiary/aromatic N) is 7. The highest BCUT2D eigenvalue weighted by Crippen LogP contribution is 2.16. The monoisotopic (exact) mass is 260 g/mol. The fraction of sp³-hybridized carbons (Fsp3) is 0.545. The summed E-state index contributed by atoms with van der Waals surface area (Å²) in [7, 11) is 0. The highest BCUT2D eigenvalue weighted by atomic mass is 15.4. The Morgan fingerprint density at radius 1 is 0.947 bits per heavy atom. The van der Waals surface area contributed by atoms with Gasteiger partial charge in [-0.3, -0.25) is 0 Å². The minimum atomic E-state index is 0.208. The lowest BCUT2D eigenvalue weighted by atomic mass is 10.2. The third-order valence-electron chi connectivity index (χ3n) is 3.14. The Labute approximate surface area is 110 Å². The van der Waals surface area contributed by atoms with Crippen LogP contribution in [0.1, 0.15) is 25.7 Å². The predicted molar refractivity (Wildman–Crippen MR) is 69.8 cm³/mol. The third kappa shape index (κ3) is 2.61. The second kappa shape index (κ2) is 5.17. The standard InChI is InChI=1S/C11H16N8/c12-9-15-10(18-5-3-1-2-4-6-18)17-11(16-9)19-8-13-7-14-19/h7-8H,1-6H2,(H2,12,15,16,17). The zero-order valence-electron chi connectivity index (χ0n) is 10.6. The molecule has 0 saturated carbocycles. The number of hydrogen-bond donors (Lipinski definition) is 1. The van der Waals surface area contributed by atoms with E-state index in [-0.39, 0.29) is 5.95 Å². The molecule has 8 nitrogen and oxygen atoms in total. The summed E-state index contributed by atoms with van der Waals surface area (Å²) in [4.78, 5) is 18.8. The molecule has 0 bridgehead atoms. The third-order valence-corrected chi connectivity index (χ3v) is 3.14. The zero-order valence-corrected chi connectivity index (χ0v) is 10.6. The molecule has 0 spiro atoms. The van der Waals surface area contributed by atoms with Gasteiger partial charge in [0.25, 0.3) is 5.95 Å². The van der Waals surface area contributed by atoms with Gasteiger partial charge in [0, 0.05) is 13.1 Å². The Morgan fingerprint density at radius 2 is 1.68 bits per heavy atom. The lowest BCUT2D eigenvalue weighted by Gasteiger charge is -2.20. The van der Waals surface area contributed by atoms with Crippen LogP contribution in [0.3, 0.4) is 0 Å². The van der Waals surface area contributed by atoms with Crippen LogP contribution in [0, 0.1) is 0 Å². The molecular formula is C11H16N8. The fourth-order valence-electron chi connectivity index (χ4n) is 2.20. The van der Waals surface area contributed by atoms with Crippen molar-refractivity contribution >= 4 is 11.9 Å². The van der Waals surface area contributed by atoms with Crippen molar-refractivity contribution in [2.24, 2.45) is 0 Å². The van der Waals surface area contributed by atoms with Crippen LogP contribution in [0.5, 0.6) is 0 Å². The SMILES string of the molecule is Nc1nc(N2CCCCCC2)nc(-n2cncn2)n1. The number of hydrogen-bond acceptors (Lipinski definition) is 7. The number of nitrogens with two attached hydrogens (primary N) is 1. The summed E-state index contributed by atoms with van der Waals surface area (Å²) < 4.78 is 1.49. The van der Waals surface area contributed by atoms with Gasteiger partial charge >= 0.3 is 0 Å². The smallest absolute Gasteiger partial charge is 0.258 e. The Morgan fingerprint density at radius 3 is 2.37 bits per heavy atom. The van der Waals surface area contributed by atoms with Crippen molar-refractivity contribution in [3.8, 4) is 5.95 Å². The molecular weight excluding hydrogens is 244 g/mol. The maximum atomic E-state index is 5.76. The molecule has 1 saturated heterocycles. The maximum Gasteiger partial charge on any atom is 0.258 e. The van der Waals surface area contributed by atoms with Crippen LogP contribution in [0.2, 0.25) is 0 Å². The van der Waals surface area contributed by atoms with E-state index in [1.807, 2.05) is 0 Å². The second-order valence-corrected chi connectivity index (χ2v) is 4.53. The summed E-state index contributed by atoms with van der Waals surface area (Å²) in [5.41, 5.74) is 5.76. The summed E-state index contributed by atoms with van der Waals surface area (Å²) in [5.74, 6) is 1.24. The van der Waals surface area contributed by atoms with Gasteiger partial charge < -0.3 is 10.6 Å². The molecule has 1 fully saturated rings. The van der Waals surface area contributed by atoms with E-state index >= 15 is 0 Å². The average Bonchev–Trinajstić information content (AvgIpc) is 2.81. The molecule has 2 N–H and O–H groups in total. The van der Waals surface area contributed by atoms with E-state index in [1.54, 1.807) is 6.33 Å². The van der Waals surface area contributed by atoms with Crippen LogP contribution in [-0.2, 0) is 0 Å². The van der Waals surface area contributed by atoms with E-state index in [1.165, 1.54) is 23.9 Å². The topological polar surface area (TPSA) is 98.6 Å². The van der Waals surface area contributed by atoms with E-state index < -0.39 is 0 Å². The first kappa shape index (κ1) is 11.8. The predicted octanol–water partition coefficient (Wildman–Crippen LogP) is 0.415. The summed E-state index contributed by atoms with van der Waals surface area (Å²) >= 11 is 0. The Hall–Kier alpha value is -2.25. The molecule has 3 rings (SSSR count). The Bertz CT molecular complexity index is 530. The summed E-state index contributed by atoms with van der Waals surface area (Å²) in [6.07, 6.45) is 7.81. The molecule has 1 aliphatic heterocycles. The quantitative estimate of drug-likeness (QED) is 0.835. The van der Waals surface area contributed by atoms with Gasteiger partial charge in [-0.2, -0.15) is 24.7 Å². The molecule has 0 atom stereocenters. The van der Waals surface area contributed by atoms with Crippen molar-refractivity contribution in [2.45, 2.75) is 25.7 Å². The molecule has 0 radical (unpaired) electrons. The summed E-state index contributed by atoms with van der Waals surface area (Å²) in [6, 6.07) is 0. The lowest BCUT2D eigenvalue weighted by Crippen LogP contribution is -2.27. The van der Waals surface area contributed by atoms with Gasteiger partial charge in [-0.25, -0.2) is 4.98 Å². The van der Waals surface area contributed by atoms with E-state index in [0.717, 1.165) is 25.9 Å². The highest BCUT2D eigenvalue weighted by molar-refractivity contribution is 5.37. The first-order valence-electron chi connectivity index (χ1n) is 6.44. The van der Waals surface area contributed by atoms with Crippen molar-refractivity contribution in [3.05, 3.63) is 12.7 Å². The normalized spacial score (nSPS) is 16.3. The molecule has 0 unspecified atom stereocenters. The number of anilines is 2. The lowest BCUT2D eigenvalue weighted by molar-refractivity contribution is 0.726. The van der Waals surface area contributed by atoms with Crippen LogP contribution in [0.15, 0.2) is 12.7 Å². The second-order valence-electron chi connectivity index (χ2n) is 4.53. The van der Waals surface area contributed by atoms with Gasteiger partial charge in [-0.1, -0.05) is 12.8 Å². The number of aromatic nitrogens is 6. The molecule has 2 aromatic heterocycles. The number of nitrogen functional groups attached to an aromatic ring is 1. The van der Waals surface area contributed by atoms with Crippen LogP contribution in [-0.4, -0.2) is 42.8 Å². The minimum absolute atomic E-state index is 0.208. The summed E-state index contributed by atoms with van der Waals surface area (Å²) in [6.45, 7) is 1.92. The molecule has 0 aliphatic carbocycles. The van der Waals surface area contributed by atoms with Crippen molar-refractivity contribution in [3.63, 3.8) is 0 Å². The van der Waals surface area contributed by atoms with Crippen LogP contribution >= 0.6 is 0 Å². The Kier molecular flexibility index (Phi) is 3.21.